The summed E-state index contributed by atoms with van der Waals surface area (Å²) in [5.41, 5.74) is 0.918. The van der Waals surface area contributed by atoms with Gasteiger partial charge in [-0.3, -0.25) is 4.79 Å². The van der Waals surface area contributed by atoms with Gasteiger partial charge in [-0.25, -0.2) is 4.79 Å². The highest BCUT2D eigenvalue weighted by Gasteiger charge is 2.19. The zero-order valence-corrected chi connectivity index (χ0v) is 13.7. The lowest BCUT2D eigenvalue weighted by Crippen LogP contribution is -2.36. The summed E-state index contributed by atoms with van der Waals surface area (Å²) in [5, 5.41) is 8.64. The highest BCUT2D eigenvalue weighted by molar-refractivity contribution is 7.98. The summed E-state index contributed by atoms with van der Waals surface area (Å²) in [7, 11) is 1.80. The molecular weight excluding hydrogens is 294 g/mol. The molecule has 4 nitrogen and oxygen atoms in total. The van der Waals surface area contributed by atoms with Crippen molar-refractivity contribution < 1.29 is 14.7 Å². The summed E-state index contributed by atoms with van der Waals surface area (Å²) in [6, 6.07) is 1.98. The van der Waals surface area contributed by atoms with Gasteiger partial charge in [0.2, 0.25) is 0 Å². The third-order valence-electron chi connectivity index (χ3n) is 2.93. The fourth-order valence-corrected chi connectivity index (χ4v) is 3.41. The molecule has 1 rings (SSSR count). The molecule has 110 valence electrons. The SMILES string of the molecule is CSCC(C)N(C)C(=O)c1cc(C)c(/C=C/C(=O)O)s1. The Morgan fingerprint density at radius 2 is 2.20 bits per heavy atom. The van der Waals surface area contributed by atoms with Crippen LogP contribution in [-0.4, -0.2) is 47.0 Å². The number of hydrogen-bond acceptors (Lipinski definition) is 4. The number of aliphatic carboxylic acids is 1. The van der Waals surface area contributed by atoms with Crippen molar-refractivity contribution >= 4 is 41.1 Å². The number of amides is 1. The van der Waals surface area contributed by atoms with Crippen molar-refractivity contribution in [1.29, 1.82) is 0 Å². The first-order valence-corrected chi connectivity index (χ1v) is 8.35. The summed E-state index contributed by atoms with van der Waals surface area (Å²) in [5.74, 6) is -0.121. The molecule has 0 aliphatic heterocycles. The van der Waals surface area contributed by atoms with Gasteiger partial charge in [0.15, 0.2) is 0 Å². The number of thiophene rings is 1. The quantitative estimate of drug-likeness (QED) is 0.820. The molecule has 0 aliphatic carbocycles. The zero-order chi connectivity index (χ0) is 15.3. The van der Waals surface area contributed by atoms with Gasteiger partial charge in [0.05, 0.1) is 4.88 Å². The van der Waals surface area contributed by atoms with E-state index in [2.05, 4.69) is 0 Å². The van der Waals surface area contributed by atoms with E-state index in [0.717, 1.165) is 22.3 Å². The maximum absolute atomic E-state index is 12.4. The molecular formula is C14H19NO3S2. The maximum Gasteiger partial charge on any atom is 0.328 e. The van der Waals surface area contributed by atoms with E-state index in [1.54, 1.807) is 23.7 Å². The molecule has 1 N–H and O–H groups in total. The lowest BCUT2D eigenvalue weighted by Gasteiger charge is -2.23. The van der Waals surface area contributed by atoms with E-state index in [-0.39, 0.29) is 11.9 Å². The molecule has 6 heteroatoms. The predicted octanol–water partition coefficient (Wildman–Crippen LogP) is 2.98. The van der Waals surface area contributed by atoms with Crippen LogP contribution in [0.1, 0.15) is 27.0 Å². The van der Waals surface area contributed by atoms with Gasteiger partial charge < -0.3 is 10.0 Å². The molecule has 1 unspecified atom stereocenters. The van der Waals surface area contributed by atoms with Crippen molar-refractivity contribution in [2.24, 2.45) is 0 Å². The highest BCUT2D eigenvalue weighted by Crippen LogP contribution is 2.25. The third-order valence-corrected chi connectivity index (χ3v) is 4.94. The molecule has 1 heterocycles. The number of carboxylic acids is 1. The van der Waals surface area contributed by atoms with Crippen LogP contribution >= 0.6 is 23.1 Å². The minimum absolute atomic E-state index is 0.0189. The van der Waals surface area contributed by atoms with Gasteiger partial charge in [0.1, 0.15) is 0 Å². The second kappa shape index (κ2) is 7.50. The minimum atomic E-state index is -0.989. The number of aryl methyl sites for hydroxylation is 1. The van der Waals surface area contributed by atoms with Gasteiger partial charge in [-0.2, -0.15) is 11.8 Å². The summed E-state index contributed by atoms with van der Waals surface area (Å²) in [6.45, 7) is 3.89. The van der Waals surface area contributed by atoms with E-state index in [1.165, 1.54) is 17.4 Å². The van der Waals surface area contributed by atoms with Crippen molar-refractivity contribution in [3.8, 4) is 0 Å². The maximum atomic E-state index is 12.4. The standard InChI is InChI=1S/C14H19NO3S2/c1-9-7-12(20-11(9)5-6-13(16)17)14(18)15(3)10(2)8-19-4/h5-7,10H,8H2,1-4H3,(H,16,17)/b6-5+. The number of rotatable bonds is 6. The van der Waals surface area contributed by atoms with Crippen LogP contribution in [-0.2, 0) is 4.79 Å². The Kier molecular flexibility index (Phi) is 6.29. The van der Waals surface area contributed by atoms with E-state index in [4.69, 9.17) is 5.11 Å². The molecule has 0 bridgehead atoms. The van der Waals surface area contributed by atoms with E-state index in [1.807, 2.05) is 26.2 Å². The van der Waals surface area contributed by atoms with E-state index in [9.17, 15) is 9.59 Å². The molecule has 0 spiro atoms. The molecule has 0 saturated heterocycles. The number of carbonyl (C=O) groups excluding carboxylic acids is 1. The number of nitrogens with zero attached hydrogens (tertiary/aromatic N) is 1. The van der Waals surface area contributed by atoms with Gasteiger partial charge in [0, 0.05) is 29.8 Å². The fourth-order valence-electron chi connectivity index (χ4n) is 1.64. The molecule has 1 aromatic rings. The monoisotopic (exact) mass is 313 g/mol. The largest absolute Gasteiger partial charge is 0.478 e. The van der Waals surface area contributed by atoms with Crippen LogP contribution in [0, 0.1) is 6.92 Å². The Balaban J connectivity index is 2.89. The van der Waals surface area contributed by atoms with Crippen LogP contribution in [0.2, 0.25) is 0 Å². The lowest BCUT2D eigenvalue weighted by molar-refractivity contribution is -0.131. The average Bonchev–Trinajstić information content (AvgIpc) is 2.76. The molecule has 1 atom stereocenters. The molecule has 0 fully saturated rings. The molecule has 1 aromatic heterocycles. The molecule has 0 radical (unpaired) electrons. The smallest absolute Gasteiger partial charge is 0.328 e. The Labute approximate surface area is 127 Å². The molecule has 0 aliphatic rings. The summed E-state index contributed by atoms with van der Waals surface area (Å²) < 4.78 is 0. The average molecular weight is 313 g/mol. The zero-order valence-electron chi connectivity index (χ0n) is 12.0. The van der Waals surface area contributed by atoms with Crippen LogP contribution in [0.15, 0.2) is 12.1 Å². The van der Waals surface area contributed by atoms with Crippen molar-refractivity contribution in [2.75, 3.05) is 19.1 Å². The van der Waals surface area contributed by atoms with Gasteiger partial charge in [0.25, 0.3) is 5.91 Å². The Bertz CT molecular complexity index is 522. The van der Waals surface area contributed by atoms with Crippen LogP contribution in [0.3, 0.4) is 0 Å². The number of hydrogen-bond donors (Lipinski definition) is 1. The number of carbonyl (C=O) groups is 2. The van der Waals surface area contributed by atoms with Gasteiger partial charge in [-0.05, 0) is 37.8 Å². The molecule has 1 amide bonds. The Morgan fingerprint density at radius 1 is 1.55 bits per heavy atom. The first-order chi connectivity index (χ1) is 9.36. The van der Waals surface area contributed by atoms with Gasteiger partial charge in [-0.15, -0.1) is 11.3 Å². The number of thioether (sulfide) groups is 1. The number of carboxylic acid groups (broad SMARTS) is 1. The van der Waals surface area contributed by atoms with Crippen molar-refractivity contribution in [1.82, 2.24) is 4.90 Å². The van der Waals surface area contributed by atoms with E-state index < -0.39 is 5.97 Å². The second-order valence-corrected chi connectivity index (χ2v) is 6.54. The first-order valence-electron chi connectivity index (χ1n) is 6.14. The van der Waals surface area contributed by atoms with Crippen molar-refractivity contribution in [2.45, 2.75) is 19.9 Å². The van der Waals surface area contributed by atoms with Crippen LogP contribution in [0.5, 0.6) is 0 Å². The summed E-state index contributed by atoms with van der Waals surface area (Å²) in [4.78, 5) is 26.1. The molecule has 0 aromatic carbocycles. The van der Waals surface area contributed by atoms with Gasteiger partial charge in [-0.1, -0.05) is 0 Å². The van der Waals surface area contributed by atoms with Crippen molar-refractivity contribution in [3.63, 3.8) is 0 Å². The fraction of sp³-hybridized carbons (Fsp3) is 0.429. The predicted molar refractivity (Wildman–Crippen MR) is 85.7 cm³/mol. The summed E-state index contributed by atoms with van der Waals surface area (Å²) in [6.07, 6.45) is 4.64. The van der Waals surface area contributed by atoms with Crippen LogP contribution in [0.25, 0.3) is 6.08 Å². The lowest BCUT2D eigenvalue weighted by atomic mass is 10.2. The van der Waals surface area contributed by atoms with Crippen molar-refractivity contribution in [3.05, 3.63) is 27.5 Å². The minimum Gasteiger partial charge on any atom is -0.478 e. The highest BCUT2D eigenvalue weighted by atomic mass is 32.2. The topological polar surface area (TPSA) is 57.6 Å². The van der Waals surface area contributed by atoms with Gasteiger partial charge >= 0.3 is 5.97 Å². The second-order valence-electron chi connectivity index (χ2n) is 4.55. The van der Waals surface area contributed by atoms with E-state index >= 15 is 0 Å². The van der Waals surface area contributed by atoms with Crippen LogP contribution in [0.4, 0.5) is 0 Å². The normalized spacial score (nSPS) is 12.6. The summed E-state index contributed by atoms with van der Waals surface area (Å²) >= 11 is 3.03. The molecule has 0 saturated carbocycles. The Morgan fingerprint density at radius 3 is 2.75 bits per heavy atom. The Hall–Kier alpha value is -1.27. The van der Waals surface area contributed by atoms with E-state index in [0.29, 0.717) is 4.88 Å². The molecule has 20 heavy (non-hydrogen) atoms. The third kappa shape index (κ3) is 4.38. The first kappa shape index (κ1) is 16.8. The van der Waals surface area contributed by atoms with Crippen LogP contribution < -0.4 is 0 Å².